The maximum Gasteiger partial charge on any atom is 0.161 e. The summed E-state index contributed by atoms with van der Waals surface area (Å²) in [6.45, 7) is 0. The molecule has 0 amide bonds. The van der Waals surface area contributed by atoms with E-state index in [1.165, 1.54) is 6.07 Å². The molecule has 0 radical (unpaired) electrons. The van der Waals surface area contributed by atoms with Crippen LogP contribution in [0.1, 0.15) is 5.56 Å². The topological polar surface area (TPSA) is 76.0 Å². The van der Waals surface area contributed by atoms with Crippen molar-refractivity contribution in [1.29, 1.82) is 5.26 Å². The van der Waals surface area contributed by atoms with Crippen LogP contribution in [0.3, 0.4) is 0 Å². The maximum atomic E-state index is 12.6. The molecule has 7 heteroatoms. The Balaban J connectivity index is 3.22. The van der Waals surface area contributed by atoms with Crippen molar-refractivity contribution in [3.8, 4) is 6.07 Å². The van der Waals surface area contributed by atoms with E-state index in [2.05, 4.69) is 0 Å². The van der Waals surface area contributed by atoms with E-state index in [1.807, 2.05) is 0 Å². The van der Waals surface area contributed by atoms with Crippen molar-refractivity contribution in [2.75, 3.05) is 4.72 Å². The molecular formula is C7H3F2N2O2S-. The summed E-state index contributed by atoms with van der Waals surface area (Å²) in [6.07, 6.45) is 0. The van der Waals surface area contributed by atoms with Crippen LogP contribution in [0.25, 0.3) is 0 Å². The number of anilines is 1. The Bertz CT molecular complexity index is 430. The largest absolute Gasteiger partial charge is 0.755 e. The first-order chi connectivity index (χ1) is 6.54. The number of nitriles is 1. The summed E-state index contributed by atoms with van der Waals surface area (Å²) in [5.74, 6) is -2.43. The second-order valence-electron chi connectivity index (χ2n) is 2.26. The minimum atomic E-state index is -2.68. The maximum absolute atomic E-state index is 12.6. The fourth-order valence-corrected chi connectivity index (χ4v) is 1.16. The van der Waals surface area contributed by atoms with Crippen LogP contribution in [-0.4, -0.2) is 8.76 Å². The SMILES string of the molecule is N#Cc1cc(F)c(F)cc1NS(=O)[O-]. The molecule has 0 fully saturated rings. The molecule has 0 heterocycles. The second kappa shape index (κ2) is 4.13. The molecule has 1 aromatic rings. The summed E-state index contributed by atoms with van der Waals surface area (Å²) in [7, 11) is 0. The first-order valence-electron chi connectivity index (χ1n) is 3.29. The number of benzene rings is 1. The zero-order chi connectivity index (χ0) is 10.7. The number of hydrogen-bond donors (Lipinski definition) is 1. The molecule has 1 aromatic carbocycles. The van der Waals surface area contributed by atoms with E-state index in [9.17, 15) is 17.5 Å². The van der Waals surface area contributed by atoms with E-state index in [1.54, 1.807) is 4.72 Å². The average molecular weight is 217 g/mol. The fourth-order valence-electron chi connectivity index (χ4n) is 0.814. The third kappa shape index (κ3) is 2.25. The summed E-state index contributed by atoms with van der Waals surface area (Å²) >= 11 is -2.68. The van der Waals surface area contributed by atoms with Gasteiger partial charge in [-0.15, -0.1) is 0 Å². The first kappa shape index (κ1) is 10.6. The number of halogens is 2. The molecule has 1 rings (SSSR count). The highest BCUT2D eigenvalue weighted by molar-refractivity contribution is 7.80. The van der Waals surface area contributed by atoms with Crippen LogP contribution in [0.15, 0.2) is 12.1 Å². The zero-order valence-corrected chi connectivity index (χ0v) is 7.40. The van der Waals surface area contributed by atoms with E-state index in [-0.39, 0.29) is 11.3 Å². The van der Waals surface area contributed by atoms with Gasteiger partial charge in [-0.25, -0.2) is 8.78 Å². The van der Waals surface area contributed by atoms with Crippen LogP contribution >= 0.6 is 0 Å². The third-order valence-electron chi connectivity index (χ3n) is 1.37. The molecule has 14 heavy (non-hydrogen) atoms. The molecule has 0 aromatic heterocycles. The van der Waals surface area contributed by atoms with E-state index < -0.39 is 22.9 Å². The smallest absolute Gasteiger partial charge is 0.161 e. The van der Waals surface area contributed by atoms with Crippen molar-refractivity contribution in [2.24, 2.45) is 0 Å². The lowest BCUT2D eigenvalue weighted by molar-refractivity contribution is 0.508. The Morgan fingerprint density at radius 2 is 2.00 bits per heavy atom. The van der Waals surface area contributed by atoms with Crippen molar-refractivity contribution in [3.63, 3.8) is 0 Å². The molecule has 0 saturated carbocycles. The monoisotopic (exact) mass is 217 g/mol. The molecular weight excluding hydrogens is 214 g/mol. The Kier molecular flexibility index (Phi) is 3.11. The van der Waals surface area contributed by atoms with Gasteiger partial charge in [0.05, 0.1) is 11.3 Å². The average Bonchev–Trinajstić information content (AvgIpc) is 2.10. The molecule has 1 unspecified atom stereocenters. The third-order valence-corrected chi connectivity index (χ3v) is 1.76. The van der Waals surface area contributed by atoms with Crippen LogP contribution in [0.5, 0.6) is 0 Å². The van der Waals surface area contributed by atoms with Crippen molar-refractivity contribution in [3.05, 3.63) is 29.3 Å². The van der Waals surface area contributed by atoms with E-state index >= 15 is 0 Å². The van der Waals surface area contributed by atoms with Crippen LogP contribution in [0.4, 0.5) is 14.5 Å². The summed E-state index contributed by atoms with van der Waals surface area (Å²) in [5, 5.41) is 8.47. The number of rotatable bonds is 2. The van der Waals surface area contributed by atoms with Gasteiger partial charge in [-0.1, -0.05) is 0 Å². The van der Waals surface area contributed by atoms with Gasteiger partial charge in [-0.05, 0) is 6.07 Å². The van der Waals surface area contributed by atoms with Crippen molar-refractivity contribution in [2.45, 2.75) is 0 Å². The quantitative estimate of drug-likeness (QED) is 0.752. The van der Waals surface area contributed by atoms with Crippen molar-refractivity contribution < 1.29 is 17.5 Å². The van der Waals surface area contributed by atoms with Gasteiger partial charge in [0.25, 0.3) is 0 Å². The van der Waals surface area contributed by atoms with Gasteiger partial charge in [0.1, 0.15) is 6.07 Å². The van der Waals surface area contributed by atoms with Gasteiger partial charge in [-0.3, -0.25) is 4.21 Å². The Hall–Kier alpha value is -1.52. The minimum Gasteiger partial charge on any atom is -0.755 e. The standard InChI is InChI=1S/C7H4F2N2O2S/c8-5-1-4(3-10)7(2-6(5)9)11-14(12)13/h1-2,11H,(H,12,13)/p-1. The Labute approximate surface area is 80.6 Å². The summed E-state index contributed by atoms with van der Waals surface area (Å²) < 4.78 is 47.4. The predicted octanol–water partition coefficient (Wildman–Crippen LogP) is 1.04. The van der Waals surface area contributed by atoms with Crippen LogP contribution in [0, 0.1) is 23.0 Å². The lowest BCUT2D eigenvalue weighted by Crippen LogP contribution is -2.05. The predicted molar refractivity (Wildman–Crippen MR) is 43.6 cm³/mol. The Morgan fingerprint density at radius 3 is 2.50 bits per heavy atom. The van der Waals surface area contributed by atoms with Crippen LogP contribution in [0.2, 0.25) is 0 Å². The van der Waals surface area contributed by atoms with E-state index in [0.717, 1.165) is 0 Å². The van der Waals surface area contributed by atoms with Crippen LogP contribution < -0.4 is 4.72 Å². The van der Waals surface area contributed by atoms with Gasteiger partial charge in [0.2, 0.25) is 0 Å². The first-order valence-corrected chi connectivity index (χ1v) is 4.37. The van der Waals surface area contributed by atoms with E-state index in [4.69, 9.17) is 5.26 Å². The lowest BCUT2D eigenvalue weighted by Gasteiger charge is -2.09. The molecule has 0 spiro atoms. The molecule has 0 aliphatic carbocycles. The highest BCUT2D eigenvalue weighted by Crippen LogP contribution is 2.19. The second-order valence-corrected chi connectivity index (χ2v) is 2.93. The molecule has 74 valence electrons. The minimum absolute atomic E-state index is 0.284. The number of nitrogens with one attached hydrogen (secondary N) is 1. The summed E-state index contributed by atoms with van der Waals surface area (Å²) in [6, 6.07) is 2.74. The molecule has 0 aliphatic rings. The molecule has 4 nitrogen and oxygen atoms in total. The van der Waals surface area contributed by atoms with Gasteiger partial charge in [-0.2, -0.15) is 5.26 Å². The molecule has 0 saturated heterocycles. The van der Waals surface area contributed by atoms with Gasteiger partial charge >= 0.3 is 0 Å². The van der Waals surface area contributed by atoms with Crippen LogP contribution in [-0.2, 0) is 11.3 Å². The highest BCUT2D eigenvalue weighted by Gasteiger charge is 2.08. The molecule has 0 bridgehead atoms. The van der Waals surface area contributed by atoms with Gasteiger partial charge in [0.15, 0.2) is 11.6 Å². The fraction of sp³-hybridized carbons (Fsp3) is 0. The normalized spacial score (nSPS) is 11.9. The molecule has 1 atom stereocenters. The number of nitrogens with zero attached hydrogens (tertiary/aromatic N) is 1. The number of hydrogen-bond acceptors (Lipinski definition) is 3. The van der Waals surface area contributed by atoms with Crippen molar-refractivity contribution in [1.82, 2.24) is 0 Å². The molecule has 0 aliphatic heterocycles. The highest BCUT2D eigenvalue weighted by atomic mass is 32.2. The van der Waals surface area contributed by atoms with Gasteiger partial charge in [0, 0.05) is 17.3 Å². The summed E-state index contributed by atoms with van der Waals surface area (Å²) in [5.41, 5.74) is -0.576. The van der Waals surface area contributed by atoms with Gasteiger partial charge < -0.3 is 9.27 Å². The Morgan fingerprint density at radius 1 is 1.43 bits per heavy atom. The molecule has 1 N–H and O–H groups in total. The zero-order valence-electron chi connectivity index (χ0n) is 6.58. The summed E-state index contributed by atoms with van der Waals surface area (Å²) in [4.78, 5) is 0. The van der Waals surface area contributed by atoms with E-state index in [0.29, 0.717) is 12.1 Å². The lowest BCUT2D eigenvalue weighted by atomic mass is 10.2. The van der Waals surface area contributed by atoms with Crippen molar-refractivity contribution >= 4 is 17.0 Å².